The number of hydrogen-bond acceptors (Lipinski definition) is 3. The largest absolute Gasteiger partial charge is 0.381 e. The molecule has 0 saturated heterocycles. The van der Waals surface area contributed by atoms with Crippen LogP contribution in [0.15, 0.2) is 36.8 Å². The molecule has 16 heavy (non-hydrogen) atoms. The summed E-state index contributed by atoms with van der Waals surface area (Å²) in [6.45, 7) is 0.473. The van der Waals surface area contributed by atoms with Crippen molar-refractivity contribution in [2.24, 2.45) is 0 Å². The zero-order valence-corrected chi connectivity index (χ0v) is 8.96. The minimum Gasteiger partial charge on any atom is -0.358 e. The number of halogens is 1. The van der Waals surface area contributed by atoms with Crippen molar-refractivity contribution in [3.8, 4) is 0 Å². The van der Waals surface area contributed by atoms with E-state index in [9.17, 15) is 10.1 Å². The van der Waals surface area contributed by atoms with Crippen molar-refractivity contribution < 1.29 is 4.92 Å². The standard InChI is InChI=1S/C10H8ClN3O2/c11-9-4-2-1-3-8(9)5-13-6-10(12-7-13)14(15)16/h1-4,6-7H,5H2. The molecule has 6 heteroatoms. The molecule has 1 heterocycles. The Hall–Kier alpha value is -1.88. The third-order valence-electron chi connectivity index (χ3n) is 2.12. The Morgan fingerprint density at radius 1 is 1.44 bits per heavy atom. The van der Waals surface area contributed by atoms with Crippen LogP contribution in [-0.4, -0.2) is 14.5 Å². The van der Waals surface area contributed by atoms with Crippen molar-refractivity contribution >= 4 is 17.4 Å². The van der Waals surface area contributed by atoms with Gasteiger partial charge in [0.05, 0.1) is 6.54 Å². The summed E-state index contributed by atoms with van der Waals surface area (Å²) >= 11 is 5.98. The highest BCUT2D eigenvalue weighted by Crippen LogP contribution is 2.17. The van der Waals surface area contributed by atoms with Crippen LogP contribution < -0.4 is 0 Å². The van der Waals surface area contributed by atoms with E-state index < -0.39 is 4.92 Å². The van der Waals surface area contributed by atoms with Gasteiger partial charge in [0.25, 0.3) is 0 Å². The molecule has 0 amide bonds. The lowest BCUT2D eigenvalue weighted by Gasteiger charge is -2.02. The molecule has 0 bridgehead atoms. The molecule has 0 aliphatic heterocycles. The molecule has 1 aromatic heterocycles. The van der Waals surface area contributed by atoms with Crippen LogP contribution in [0.4, 0.5) is 5.82 Å². The fourth-order valence-corrected chi connectivity index (χ4v) is 1.55. The lowest BCUT2D eigenvalue weighted by molar-refractivity contribution is -0.389. The van der Waals surface area contributed by atoms with Gasteiger partial charge in [-0.15, -0.1) is 0 Å². The second kappa shape index (κ2) is 4.32. The topological polar surface area (TPSA) is 61.0 Å². The molecule has 0 aliphatic rings. The Balaban J connectivity index is 2.21. The molecular weight excluding hydrogens is 230 g/mol. The van der Waals surface area contributed by atoms with Crippen molar-refractivity contribution in [3.05, 3.63) is 57.5 Å². The van der Waals surface area contributed by atoms with E-state index in [1.54, 1.807) is 10.6 Å². The van der Waals surface area contributed by atoms with Crippen LogP contribution in [0.2, 0.25) is 5.02 Å². The predicted octanol–water partition coefficient (Wildman–Crippen LogP) is 2.49. The smallest absolute Gasteiger partial charge is 0.358 e. The molecular formula is C10H8ClN3O2. The molecule has 0 fully saturated rings. The summed E-state index contributed by atoms with van der Waals surface area (Å²) in [4.78, 5) is 13.6. The van der Waals surface area contributed by atoms with Gasteiger partial charge in [0.2, 0.25) is 6.33 Å². The van der Waals surface area contributed by atoms with Gasteiger partial charge in [-0.3, -0.25) is 0 Å². The fraction of sp³-hybridized carbons (Fsp3) is 0.100. The minimum absolute atomic E-state index is 0.160. The third-order valence-corrected chi connectivity index (χ3v) is 2.49. The number of imidazole rings is 1. The van der Waals surface area contributed by atoms with Crippen LogP contribution >= 0.6 is 11.6 Å². The van der Waals surface area contributed by atoms with Crippen LogP contribution in [0.1, 0.15) is 5.56 Å². The first-order valence-corrected chi connectivity index (χ1v) is 4.94. The predicted molar refractivity (Wildman–Crippen MR) is 59.4 cm³/mol. The third kappa shape index (κ3) is 2.20. The van der Waals surface area contributed by atoms with Crippen LogP contribution in [-0.2, 0) is 6.54 Å². The molecule has 5 nitrogen and oxygen atoms in total. The molecule has 0 radical (unpaired) electrons. The highest BCUT2D eigenvalue weighted by atomic mass is 35.5. The Morgan fingerprint density at radius 2 is 2.19 bits per heavy atom. The Morgan fingerprint density at radius 3 is 2.81 bits per heavy atom. The molecule has 0 N–H and O–H groups in total. The molecule has 2 aromatic rings. The maximum atomic E-state index is 10.4. The molecule has 0 unspecified atom stereocenters. The van der Waals surface area contributed by atoms with Gasteiger partial charge >= 0.3 is 5.82 Å². The van der Waals surface area contributed by atoms with E-state index in [0.717, 1.165) is 5.56 Å². The lowest BCUT2D eigenvalue weighted by atomic mass is 10.2. The Labute approximate surface area is 96.4 Å². The van der Waals surface area contributed by atoms with E-state index in [1.165, 1.54) is 12.5 Å². The number of rotatable bonds is 3. The van der Waals surface area contributed by atoms with Crippen molar-refractivity contribution in [2.75, 3.05) is 0 Å². The summed E-state index contributed by atoms with van der Waals surface area (Å²) in [7, 11) is 0. The summed E-state index contributed by atoms with van der Waals surface area (Å²) in [5, 5.41) is 11.1. The SMILES string of the molecule is O=[N+]([O-])c1cn(Cc2ccccc2Cl)cn1. The fourth-order valence-electron chi connectivity index (χ4n) is 1.35. The van der Waals surface area contributed by atoms with Gasteiger partial charge in [-0.2, -0.15) is 0 Å². The summed E-state index contributed by atoms with van der Waals surface area (Å²) in [6, 6.07) is 7.35. The van der Waals surface area contributed by atoms with E-state index in [4.69, 9.17) is 11.6 Å². The summed E-state index contributed by atoms with van der Waals surface area (Å²) < 4.78 is 1.62. The number of nitro groups is 1. The van der Waals surface area contributed by atoms with E-state index in [0.29, 0.717) is 11.6 Å². The van der Waals surface area contributed by atoms with Gasteiger partial charge in [0, 0.05) is 5.02 Å². The molecule has 0 saturated carbocycles. The average Bonchev–Trinajstić information content (AvgIpc) is 2.70. The van der Waals surface area contributed by atoms with E-state index in [-0.39, 0.29) is 5.82 Å². The normalized spacial score (nSPS) is 10.3. The van der Waals surface area contributed by atoms with Crippen LogP contribution in [0.25, 0.3) is 0 Å². The second-order valence-corrected chi connectivity index (χ2v) is 3.66. The van der Waals surface area contributed by atoms with Crippen molar-refractivity contribution in [1.82, 2.24) is 9.55 Å². The quantitative estimate of drug-likeness (QED) is 0.609. The van der Waals surface area contributed by atoms with Gasteiger partial charge < -0.3 is 14.7 Å². The van der Waals surface area contributed by atoms with Crippen LogP contribution in [0.5, 0.6) is 0 Å². The van der Waals surface area contributed by atoms with Gasteiger partial charge in [-0.1, -0.05) is 29.8 Å². The number of hydrogen-bond donors (Lipinski definition) is 0. The van der Waals surface area contributed by atoms with Gasteiger partial charge in [0.1, 0.15) is 6.20 Å². The molecule has 0 atom stereocenters. The first kappa shape index (κ1) is 10.6. The van der Waals surface area contributed by atoms with Crippen LogP contribution in [0.3, 0.4) is 0 Å². The average molecular weight is 238 g/mol. The van der Waals surface area contributed by atoms with Gasteiger partial charge in [-0.05, 0) is 21.5 Å². The van der Waals surface area contributed by atoms with E-state index in [2.05, 4.69) is 4.98 Å². The zero-order chi connectivity index (χ0) is 11.5. The lowest BCUT2D eigenvalue weighted by Crippen LogP contribution is -1.97. The molecule has 2 rings (SSSR count). The number of aromatic nitrogens is 2. The molecule has 1 aromatic carbocycles. The maximum Gasteiger partial charge on any atom is 0.381 e. The summed E-state index contributed by atoms with van der Waals surface area (Å²) in [5.41, 5.74) is 0.900. The second-order valence-electron chi connectivity index (χ2n) is 3.25. The highest BCUT2D eigenvalue weighted by Gasteiger charge is 2.10. The van der Waals surface area contributed by atoms with Crippen molar-refractivity contribution in [1.29, 1.82) is 0 Å². The van der Waals surface area contributed by atoms with Gasteiger partial charge in [-0.25, -0.2) is 0 Å². The molecule has 0 spiro atoms. The summed E-state index contributed by atoms with van der Waals surface area (Å²) in [5.74, 6) is -0.160. The van der Waals surface area contributed by atoms with Crippen molar-refractivity contribution in [2.45, 2.75) is 6.54 Å². The van der Waals surface area contributed by atoms with E-state index >= 15 is 0 Å². The number of benzene rings is 1. The molecule has 82 valence electrons. The number of nitrogens with zero attached hydrogens (tertiary/aromatic N) is 3. The Bertz CT molecular complexity index is 524. The van der Waals surface area contributed by atoms with E-state index in [1.807, 2.05) is 18.2 Å². The van der Waals surface area contributed by atoms with Crippen LogP contribution in [0, 0.1) is 10.1 Å². The zero-order valence-electron chi connectivity index (χ0n) is 8.21. The highest BCUT2D eigenvalue weighted by molar-refractivity contribution is 6.31. The maximum absolute atomic E-state index is 10.4. The van der Waals surface area contributed by atoms with Gasteiger partial charge in [0.15, 0.2) is 0 Å². The molecule has 0 aliphatic carbocycles. The Kier molecular flexibility index (Phi) is 2.87. The minimum atomic E-state index is -0.525. The van der Waals surface area contributed by atoms with Crippen molar-refractivity contribution in [3.63, 3.8) is 0 Å². The summed E-state index contributed by atoms with van der Waals surface area (Å²) in [6.07, 6.45) is 2.80. The first-order chi connectivity index (χ1) is 7.66. The monoisotopic (exact) mass is 237 g/mol. The first-order valence-electron chi connectivity index (χ1n) is 4.56.